The fourth-order valence-electron chi connectivity index (χ4n) is 2.17. The van der Waals surface area contributed by atoms with E-state index in [2.05, 4.69) is 6.92 Å². The number of aryl methyl sites for hydroxylation is 1. The van der Waals surface area contributed by atoms with E-state index in [0.717, 1.165) is 30.7 Å². The molecule has 0 aromatic carbocycles. The van der Waals surface area contributed by atoms with Crippen molar-refractivity contribution in [3.63, 3.8) is 0 Å². The fourth-order valence-corrected chi connectivity index (χ4v) is 3.38. The van der Waals surface area contributed by atoms with Gasteiger partial charge < -0.3 is 10.5 Å². The van der Waals surface area contributed by atoms with Crippen LogP contribution in [0.15, 0.2) is 0 Å². The zero-order valence-electron chi connectivity index (χ0n) is 10.1. The van der Waals surface area contributed by atoms with Crippen LogP contribution in [0.4, 0.5) is 0 Å². The van der Waals surface area contributed by atoms with E-state index in [1.54, 1.807) is 18.4 Å². The molecule has 0 amide bonds. The smallest absolute Gasteiger partial charge is 0.125 e. The molecule has 16 heavy (non-hydrogen) atoms. The summed E-state index contributed by atoms with van der Waals surface area (Å²) in [5.74, 6) is 0. The molecule has 0 aliphatic heterocycles. The molecule has 0 saturated heterocycles. The topological polar surface area (TPSA) is 48.1 Å². The number of thiazole rings is 1. The largest absolute Gasteiger partial charge is 0.371 e. The van der Waals surface area contributed by atoms with Gasteiger partial charge in [-0.3, -0.25) is 0 Å². The second-order valence-corrected chi connectivity index (χ2v) is 5.48. The maximum absolute atomic E-state index is 5.77. The molecular weight excluding hydrogens is 220 g/mol. The van der Waals surface area contributed by atoms with Crippen molar-refractivity contribution in [2.75, 3.05) is 7.11 Å². The van der Waals surface area contributed by atoms with Crippen LogP contribution in [-0.2, 0) is 23.3 Å². The van der Waals surface area contributed by atoms with Gasteiger partial charge in [0.05, 0.1) is 5.69 Å². The fraction of sp³-hybridized carbons (Fsp3) is 0.750. The predicted octanol–water partition coefficient (Wildman–Crippen LogP) is 2.58. The van der Waals surface area contributed by atoms with Crippen LogP contribution in [0.2, 0.25) is 0 Å². The molecule has 1 aliphatic carbocycles. The number of nitrogens with two attached hydrogens (primary N) is 1. The number of hydrogen-bond acceptors (Lipinski definition) is 4. The van der Waals surface area contributed by atoms with Crippen LogP contribution in [0.1, 0.15) is 48.2 Å². The maximum Gasteiger partial charge on any atom is 0.125 e. The minimum absolute atomic E-state index is 0.0828. The van der Waals surface area contributed by atoms with Crippen molar-refractivity contribution in [1.29, 1.82) is 0 Å². The summed E-state index contributed by atoms with van der Waals surface area (Å²) in [6, 6.07) is 0. The highest BCUT2D eigenvalue weighted by Crippen LogP contribution is 2.46. The van der Waals surface area contributed by atoms with E-state index in [1.165, 1.54) is 17.0 Å². The molecule has 0 unspecified atom stereocenters. The summed E-state index contributed by atoms with van der Waals surface area (Å²) in [6.07, 6.45) is 5.60. The van der Waals surface area contributed by atoms with Crippen molar-refractivity contribution in [3.8, 4) is 0 Å². The second kappa shape index (κ2) is 4.82. The number of aromatic nitrogens is 1. The van der Waals surface area contributed by atoms with Gasteiger partial charge in [-0.1, -0.05) is 13.3 Å². The van der Waals surface area contributed by atoms with Crippen LogP contribution in [0.3, 0.4) is 0 Å². The summed E-state index contributed by atoms with van der Waals surface area (Å²) in [7, 11) is 1.79. The van der Waals surface area contributed by atoms with Gasteiger partial charge in [0.25, 0.3) is 0 Å². The van der Waals surface area contributed by atoms with Crippen molar-refractivity contribution in [2.45, 2.75) is 51.2 Å². The average molecular weight is 240 g/mol. The third-order valence-corrected chi connectivity index (χ3v) is 4.70. The molecule has 0 atom stereocenters. The molecule has 0 spiro atoms. The van der Waals surface area contributed by atoms with E-state index in [1.807, 2.05) is 0 Å². The SMILES string of the molecule is CCCc1nc(C2(OC)CCC2)sc1CN. The Labute approximate surface area is 101 Å². The Morgan fingerprint density at radius 1 is 1.50 bits per heavy atom. The first-order chi connectivity index (χ1) is 7.75. The second-order valence-electron chi connectivity index (χ2n) is 4.39. The lowest BCUT2D eigenvalue weighted by Gasteiger charge is -2.38. The zero-order chi connectivity index (χ0) is 11.6. The molecular formula is C12H20N2OS. The highest BCUT2D eigenvalue weighted by Gasteiger charge is 2.42. The molecule has 1 aliphatic rings. The van der Waals surface area contributed by atoms with Gasteiger partial charge in [-0.25, -0.2) is 4.98 Å². The van der Waals surface area contributed by atoms with Gasteiger partial charge in [0, 0.05) is 18.5 Å². The number of hydrogen-bond donors (Lipinski definition) is 1. The van der Waals surface area contributed by atoms with Crippen molar-refractivity contribution < 1.29 is 4.74 Å². The first kappa shape index (κ1) is 12.0. The van der Waals surface area contributed by atoms with Gasteiger partial charge in [-0.2, -0.15) is 0 Å². The van der Waals surface area contributed by atoms with E-state index in [-0.39, 0.29) is 5.60 Å². The van der Waals surface area contributed by atoms with Crippen molar-refractivity contribution >= 4 is 11.3 Å². The van der Waals surface area contributed by atoms with Crippen LogP contribution in [0.5, 0.6) is 0 Å². The summed E-state index contributed by atoms with van der Waals surface area (Å²) in [4.78, 5) is 5.99. The molecule has 1 fully saturated rings. The third-order valence-electron chi connectivity index (χ3n) is 3.39. The molecule has 0 bridgehead atoms. The molecule has 90 valence electrons. The molecule has 2 N–H and O–H groups in total. The Bertz CT molecular complexity index is 352. The Morgan fingerprint density at radius 3 is 2.69 bits per heavy atom. The lowest BCUT2D eigenvalue weighted by molar-refractivity contribution is -0.0780. The molecule has 4 heteroatoms. The van der Waals surface area contributed by atoms with Gasteiger partial charge in [-0.15, -0.1) is 11.3 Å². The predicted molar refractivity (Wildman–Crippen MR) is 66.5 cm³/mol. The van der Waals surface area contributed by atoms with Crippen LogP contribution < -0.4 is 5.73 Å². The first-order valence-corrected chi connectivity index (χ1v) is 6.81. The van der Waals surface area contributed by atoms with Crippen LogP contribution in [0, 0.1) is 0 Å². The number of ether oxygens (including phenoxy) is 1. The molecule has 1 saturated carbocycles. The molecule has 2 rings (SSSR count). The standard InChI is InChI=1S/C12H20N2OS/c1-3-5-9-10(8-13)16-11(14-9)12(15-2)6-4-7-12/h3-8,13H2,1-2H3. The summed E-state index contributed by atoms with van der Waals surface area (Å²) in [5.41, 5.74) is 6.87. The Kier molecular flexibility index (Phi) is 3.62. The Balaban J connectivity index is 2.27. The lowest BCUT2D eigenvalue weighted by atomic mass is 9.80. The summed E-state index contributed by atoms with van der Waals surface area (Å²) in [5, 5.41) is 1.14. The number of methoxy groups -OCH3 is 1. The Hall–Kier alpha value is -0.450. The Morgan fingerprint density at radius 2 is 2.25 bits per heavy atom. The maximum atomic E-state index is 5.77. The molecule has 3 nitrogen and oxygen atoms in total. The number of nitrogens with zero attached hydrogens (tertiary/aromatic N) is 1. The van der Waals surface area contributed by atoms with Gasteiger partial charge in [0.1, 0.15) is 10.6 Å². The molecule has 1 heterocycles. The highest BCUT2D eigenvalue weighted by molar-refractivity contribution is 7.11. The van der Waals surface area contributed by atoms with Gasteiger partial charge in [-0.05, 0) is 25.7 Å². The van der Waals surface area contributed by atoms with E-state index in [4.69, 9.17) is 15.5 Å². The van der Waals surface area contributed by atoms with Gasteiger partial charge >= 0.3 is 0 Å². The van der Waals surface area contributed by atoms with Crippen LogP contribution in [-0.4, -0.2) is 12.1 Å². The number of rotatable bonds is 5. The van der Waals surface area contributed by atoms with E-state index in [0.29, 0.717) is 6.54 Å². The highest BCUT2D eigenvalue weighted by atomic mass is 32.1. The molecule has 1 aromatic rings. The van der Waals surface area contributed by atoms with Crippen LogP contribution >= 0.6 is 11.3 Å². The minimum Gasteiger partial charge on any atom is -0.371 e. The average Bonchev–Trinajstić information content (AvgIpc) is 2.61. The van der Waals surface area contributed by atoms with Gasteiger partial charge in [0.2, 0.25) is 0 Å². The summed E-state index contributed by atoms with van der Waals surface area (Å²) in [6.45, 7) is 2.78. The van der Waals surface area contributed by atoms with Crippen LogP contribution in [0.25, 0.3) is 0 Å². The summed E-state index contributed by atoms with van der Waals surface area (Å²) < 4.78 is 5.66. The molecule has 1 aromatic heterocycles. The van der Waals surface area contributed by atoms with Crippen molar-refractivity contribution in [3.05, 3.63) is 15.6 Å². The quantitative estimate of drug-likeness (QED) is 0.860. The van der Waals surface area contributed by atoms with E-state index in [9.17, 15) is 0 Å². The van der Waals surface area contributed by atoms with E-state index < -0.39 is 0 Å². The third kappa shape index (κ3) is 1.90. The minimum atomic E-state index is -0.0828. The van der Waals surface area contributed by atoms with Crippen molar-refractivity contribution in [2.24, 2.45) is 5.73 Å². The van der Waals surface area contributed by atoms with Gasteiger partial charge in [0.15, 0.2) is 0 Å². The zero-order valence-corrected chi connectivity index (χ0v) is 10.9. The molecule has 0 radical (unpaired) electrons. The first-order valence-electron chi connectivity index (χ1n) is 6.00. The van der Waals surface area contributed by atoms with Crippen molar-refractivity contribution in [1.82, 2.24) is 4.98 Å². The lowest BCUT2D eigenvalue weighted by Crippen LogP contribution is -2.35. The monoisotopic (exact) mass is 240 g/mol. The van der Waals surface area contributed by atoms with E-state index >= 15 is 0 Å². The normalized spacial score (nSPS) is 18.4. The summed E-state index contributed by atoms with van der Waals surface area (Å²) >= 11 is 1.75.